The zero-order valence-electron chi connectivity index (χ0n) is 8.14. The van der Waals surface area contributed by atoms with Gasteiger partial charge in [-0.1, -0.05) is 12.1 Å². The highest BCUT2D eigenvalue weighted by Crippen LogP contribution is 2.10. The first-order chi connectivity index (χ1) is 7.18. The second-order valence-electron chi connectivity index (χ2n) is 3.18. The number of nitrogens with zero attached hydrogens (tertiary/aromatic N) is 2. The van der Waals surface area contributed by atoms with Crippen molar-refractivity contribution in [1.82, 2.24) is 9.78 Å². The van der Waals surface area contributed by atoms with Crippen LogP contribution in [0.2, 0.25) is 0 Å². The molecular weight excluding hydrogens is 195 g/mol. The molecule has 0 fully saturated rings. The van der Waals surface area contributed by atoms with Gasteiger partial charge in [0, 0.05) is 18.8 Å². The van der Waals surface area contributed by atoms with Crippen molar-refractivity contribution in [3.63, 3.8) is 0 Å². The van der Waals surface area contributed by atoms with Crippen molar-refractivity contribution in [2.24, 2.45) is 7.05 Å². The Labute approximate surface area is 86.2 Å². The van der Waals surface area contributed by atoms with Crippen LogP contribution in [0, 0.1) is 5.82 Å². The van der Waals surface area contributed by atoms with Gasteiger partial charge in [0.05, 0.1) is 0 Å². The molecule has 0 atom stereocenters. The van der Waals surface area contributed by atoms with Gasteiger partial charge in [0.15, 0.2) is 0 Å². The van der Waals surface area contributed by atoms with Gasteiger partial charge < -0.3 is 0 Å². The first-order valence-electron chi connectivity index (χ1n) is 4.47. The van der Waals surface area contributed by atoms with Crippen molar-refractivity contribution < 1.29 is 9.18 Å². The number of rotatable bonds is 2. The minimum Gasteiger partial charge on any atom is -0.287 e. The van der Waals surface area contributed by atoms with Crippen LogP contribution >= 0.6 is 0 Å². The van der Waals surface area contributed by atoms with Crippen LogP contribution < -0.4 is 0 Å². The normalized spacial score (nSPS) is 10.3. The molecule has 0 saturated carbocycles. The molecule has 0 bridgehead atoms. The summed E-state index contributed by atoms with van der Waals surface area (Å²) in [4.78, 5) is 11.9. The van der Waals surface area contributed by atoms with Crippen LogP contribution in [0.4, 0.5) is 4.39 Å². The molecule has 4 heteroatoms. The number of carbonyl (C=O) groups excluding carboxylic acids is 1. The lowest BCUT2D eigenvalue weighted by Crippen LogP contribution is -2.08. The van der Waals surface area contributed by atoms with E-state index in [1.165, 1.54) is 29.1 Å². The van der Waals surface area contributed by atoms with Gasteiger partial charge in [-0.25, -0.2) is 4.39 Å². The lowest BCUT2D eigenvalue weighted by molar-refractivity contribution is 0.103. The summed E-state index contributed by atoms with van der Waals surface area (Å²) in [5.74, 6) is -0.641. The van der Waals surface area contributed by atoms with E-state index < -0.39 is 5.82 Å². The maximum atomic E-state index is 12.9. The van der Waals surface area contributed by atoms with Crippen molar-refractivity contribution in [2.75, 3.05) is 0 Å². The zero-order chi connectivity index (χ0) is 10.8. The SMILES string of the molecule is Cn1nccc1C(=O)c1cccc(F)c1. The van der Waals surface area contributed by atoms with Gasteiger partial charge in [0.1, 0.15) is 11.5 Å². The van der Waals surface area contributed by atoms with E-state index in [0.29, 0.717) is 11.3 Å². The Kier molecular flexibility index (Phi) is 2.33. The van der Waals surface area contributed by atoms with E-state index in [1.807, 2.05) is 0 Å². The van der Waals surface area contributed by atoms with Crippen LogP contribution in [-0.4, -0.2) is 15.6 Å². The molecule has 0 radical (unpaired) electrons. The predicted octanol–water partition coefficient (Wildman–Crippen LogP) is 1.79. The molecule has 0 saturated heterocycles. The van der Waals surface area contributed by atoms with E-state index in [9.17, 15) is 9.18 Å². The van der Waals surface area contributed by atoms with Gasteiger partial charge in [-0.2, -0.15) is 5.10 Å². The Bertz CT molecular complexity index is 505. The van der Waals surface area contributed by atoms with Crippen LogP contribution in [0.15, 0.2) is 36.5 Å². The van der Waals surface area contributed by atoms with Gasteiger partial charge in [0.25, 0.3) is 0 Å². The standard InChI is InChI=1S/C11H9FN2O/c1-14-10(5-6-13-14)11(15)8-3-2-4-9(12)7-8/h2-7H,1H3. The highest BCUT2D eigenvalue weighted by atomic mass is 19.1. The minimum atomic E-state index is -0.414. The van der Waals surface area contributed by atoms with Crippen LogP contribution in [-0.2, 0) is 7.05 Å². The third-order valence-corrected chi connectivity index (χ3v) is 2.14. The molecular formula is C11H9FN2O. The number of carbonyl (C=O) groups is 1. The third kappa shape index (κ3) is 1.79. The van der Waals surface area contributed by atoms with Crippen LogP contribution in [0.5, 0.6) is 0 Å². The van der Waals surface area contributed by atoms with E-state index >= 15 is 0 Å². The average Bonchev–Trinajstić information content (AvgIpc) is 2.63. The molecule has 0 spiro atoms. The maximum absolute atomic E-state index is 12.9. The molecule has 0 aliphatic carbocycles. The Morgan fingerprint density at radius 3 is 2.80 bits per heavy atom. The molecule has 0 unspecified atom stereocenters. The number of hydrogen-bond donors (Lipinski definition) is 0. The van der Waals surface area contributed by atoms with Gasteiger partial charge in [-0.3, -0.25) is 9.48 Å². The van der Waals surface area contributed by atoms with Crippen LogP contribution in [0.25, 0.3) is 0 Å². The van der Waals surface area contributed by atoms with E-state index in [2.05, 4.69) is 5.10 Å². The smallest absolute Gasteiger partial charge is 0.211 e. The van der Waals surface area contributed by atoms with E-state index in [4.69, 9.17) is 0 Å². The van der Waals surface area contributed by atoms with Crippen molar-refractivity contribution in [2.45, 2.75) is 0 Å². The Morgan fingerprint density at radius 2 is 2.20 bits per heavy atom. The molecule has 2 rings (SSSR count). The fourth-order valence-electron chi connectivity index (χ4n) is 1.37. The monoisotopic (exact) mass is 204 g/mol. The van der Waals surface area contributed by atoms with Crippen molar-refractivity contribution in [1.29, 1.82) is 0 Å². The molecule has 0 N–H and O–H groups in total. The van der Waals surface area contributed by atoms with Gasteiger partial charge >= 0.3 is 0 Å². The Balaban J connectivity index is 2.41. The summed E-state index contributed by atoms with van der Waals surface area (Å²) in [6, 6.07) is 7.22. The van der Waals surface area contributed by atoms with Gasteiger partial charge in [-0.05, 0) is 18.2 Å². The molecule has 15 heavy (non-hydrogen) atoms. The molecule has 3 nitrogen and oxygen atoms in total. The molecule has 1 heterocycles. The lowest BCUT2D eigenvalue weighted by atomic mass is 10.1. The Morgan fingerprint density at radius 1 is 1.40 bits per heavy atom. The summed E-state index contributed by atoms with van der Waals surface area (Å²) in [5, 5.41) is 3.89. The maximum Gasteiger partial charge on any atom is 0.211 e. The minimum absolute atomic E-state index is 0.227. The second-order valence-corrected chi connectivity index (χ2v) is 3.18. The van der Waals surface area contributed by atoms with Gasteiger partial charge in [-0.15, -0.1) is 0 Å². The molecule has 1 aromatic heterocycles. The Hall–Kier alpha value is -1.97. The fourth-order valence-corrected chi connectivity index (χ4v) is 1.37. The van der Waals surface area contributed by atoms with E-state index in [0.717, 1.165) is 0 Å². The number of halogens is 1. The number of hydrogen-bond acceptors (Lipinski definition) is 2. The van der Waals surface area contributed by atoms with E-state index in [-0.39, 0.29) is 5.78 Å². The molecule has 0 aliphatic heterocycles. The van der Waals surface area contributed by atoms with Crippen molar-refractivity contribution >= 4 is 5.78 Å². The number of benzene rings is 1. The van der Waals surface area contributed by atoms with Crippen molar-refractivity contribution in [3.8, 4) is 0 Å². The van der Waals surface area contributed by atoms with E-state index in [1.54, 1.807) is 19.2 Å². The summed E-state index contributed by atoms with van der Waals surface area (Å²) in [7, 11) is 1.67. The third-order valence-electron chi connectivity index (χ3n) is 2.14. The van der Waals surface area contributed by atoms with Crippen LogP contribution in [0.3, 0.4) is 0 Å². The highest BCUT2D eigenvalue weighted by Gasteiger charge is 2.12. The summed E-state index contributed by atoms with van der Waals surface area (Å²) < 4.78 is 14.4. The zero-order valence-corrected chi connectivity index (χ0v) is 8.14. The summed E-state index contributed by atoms with van der Waals surface area (Å²) in [6.45, 7) is 0. The first kappa shape index (κ1) is 9.58. The van der Waals surface area contributed by atoms with Gasteiger partial charge in [0.2, 0.25) is 5.78 Å². The molecule has 2 aromatic rings. The summed E-state index contributed by atoms with van der Waals surface area (Å²) in [6.07, 6.45) is 1.53. The highest BCUT2D eigenvalue weighted by molar-refractivity contribution is 6.07. The molecule has 76 valence electrons. The lowest BCUT2D eigenvalue weighted by Gasteiger charge is -2.01. The summed E-state index contributed by atoms with van der Waals surface area (Å²) in [5.41, 5.74) is 0.777. The summed E-state index contributed by atoms with van der Waals surface area (Å²) >= 11 is 0. The molecule has 0 aliphatic rings. The number of aryl methyl sites for hydroxylation is 1. The van der Waals surface area contributed by atoms with Crippen LogP contribution in [0.1, 0.15) is 16.1 Å². The predicted molar refractivity (Wildman–Crippen MR) is 53.0 cm³/mol. The topological polar surface area (TPSA) is 34.9 Å². The second kappa shape index (κ2) is 3.65. The number of aromatic nitrogens is 2. The quantitative estimate of drug-likeness (QED) is 0.699. The first-order valence-corrected chi connectivity index (χ1v) is 4.47. The fraction of sp³-hybridized carbons (Fsp3) is 0.0909. The average molecular weight is 204 g/mol. The van der Waals surface area contributed by atoms with Crippen molar-refractivity contribution in [3.05, 3.63) is 53.6 Å². The largest absolute Gasteiger partial charge is 0.287 e. The molecule has 1 aromatic carbocycles. The molecule has 0 amide bonds. The number of ketones is 1.